The number of amides is 1. The molecule has 2 rings (SSSR count). The quantitative estimate of drug-likeness (QED) is 0.644. The summed E-state index contributed by atoms with van der Waals surface area (Å²) in [5.41, 5.74) is -0.673. The predicted molar refractivity (Wildman–Crippen MR) is 71.2 cm³/mol. The number of nitrogens with one attached hydrogen (secondary N) is 1. The molecule has 2 N–H and O–H groups in total. The fraction of sp³-hybridized carbons (Fsp3) is 0.0833. The van der Waals surface area contributed by atoms with E-state index in [1.807, 2.05) is 0 Å². The minimum Gasteiger partial charge on any atom is -0.478 e. The number of anilines is 1. The molecule has 1 heterocycles. The number of hydrogen-bond donors (Lipinski definition) is 2. The molecule has 9 nitrogen and oxygen atoms in total. The van der Waals surface area contributed by atoms with E-state index < -0.39 is 16.8 Å². The first-order valence-corrected chi connectivity index (χ1v) is 5.71. The normalized spacial score (nSPS) is 10.1. The summed E-state index contributed by atoms with van der Waals surface area (Å²) in [4.78, 5) is 33.0. The summed E-state index contributed by atoms with van der Waals surface area (Å²) in [6.07, 6.45) is 1.56. The Morgan fingerprint density at radius 1 is 1.38 bits per heavy atom. The first kappa shape index (κ1) is 14.2. The van der Waals surface area contributed by atoms with Gasteiger partial charge in [0.2, 0.25) is 0 Å². The van der Waals surface area contributed by atoms with E-state index in [1.54, 1.807) is 13.2 Å². The predicted octanol–water partition coefficient (Wildman–Crippen LogP) is 1.28. The maximum atomic E-state index is 11.9. The molecule has 0 saturated carbocycles. The summed E-state index contributed by atoms with van der Waals surface area (Å²) in [6, 6.07) is 4.63. The maximum Gasteiger partial charge on any atom is 0.338 e. The van der Waals surface area contributed by atoms with Crippen LogP contribution < -0.4 is 5.32 Å². The van der Waals surface area contributed by atoms with Crippen molar-refractivity contribution in [3.63, 3.8) is 0 Å². The van der Waals surface area contributed by atoms with Gasteiger partial charge in [-0.1, -0.05) is 0 Å². The van der Waals surface area contributed by atoms with Crippen LogP contribution in [-0.4, -0.2) is 31.7 Å². The third kappa shape index (κ3) is 3.03. The Bertz CT molecular complexity index is 737. The number of non-ortho nitro benzene ring substituents is 1. The summed E-state index contributed by atoms with van der Waals surface area (Å²) in [6.45, 7) is 0. The standard InChI is InChI=1S/C12H10N4O5/c1-15-5-4-10(14-15)11(17)13-9-3-2-7(16(20)21)6-8(9)12(18)19/h2-6H,1H3,(H,13,17)(H,18,19). The number of aromatic nitrogens is 2. The van der Waals surface area contributed by atoms with E-state index in [2.05, 4.69) is 10.4 Å². The highest BCUT2D eigenvalue weighted by Crippen LogP contribution is 2.22. The number of hydrogen-bond acceptors (Lipinski definition) is 5. The van der Waals surface area contributed by atoms with Crippen molar-refractivity contribution in [2.24, 2.45) is 7.05 Å². The van der Waals surface area contributed by atoms with E-state index in [0.717, 1.165) is 12.1 Å². The first-order valence-electron chi connectivity index (χ1n) is 5.71. The molecule has 108 valence electrons. The molecule has 2 aromatic rings. The van der Waals surface area contributed by atoms with Gasteiger partial charge in [-0.15, -0.1) is 0 Å². The first-order chi connectivity index (χ1) is 9.88. The van der Waals surface area contributed by atoms with Crippen molar-refractivity contribution in [3.05, 3.63) is 51.8 Å². The Morgan fingerprint density at radius 3 is 2.62 bits per heavy atom. The lowest BCUT2D eigenvalue weighted by Crippen LogP contribution is -2.16. The number of carbonyl (C=O) groups excluding carboxylic acids is 1. The van der Waals surface area contributed by atoms with E-state index >= 15 is 0 Å². The van der Waals surface area contributed by atoms with E-state index in [0.29, 0.717) is 0 Å². The number of benzene rings is 1. The number of aryl methyl sites for hydroxylation is 1. The van der Waals surface area contributed by atoms with Crippen LogP contribution in [0.25, 0.3) is 0 Å². The summed E-state index contributed by atoms with van der Waals surface area (Å²) >= 11 is 0. The lowest BCUT2D eigenvalue weighted by atomic mass is 10.1. The van der Waals surface area contributed by atoms with Crippen LogP contribution in [0.4, 0.5) is 11.4 Å². The zero-order chi connectivity index (χ0) is 15.6. The number of nitro benzene ring substituents is 1. The molecule has 0 saturated heterocycles. The Labute approximate surface area is 118 Å². The van der Waals surface area contributed by atoms with E-state index in [-0.39, 0.29) is 22.6 Å². The molecule has 1 amide bonds. The monoisotopic (exact) mass is 290 g/mol. The topological polar surface area (TPSA) is 127 Å². The lowest BCUT2D eigenvalue weighted by Gasteiger charge is -2.07. The minimum absolute atomic E-state index is 0.0382. The number of rotatable bonds is 4. The van der Waals surface area contributed by atoms with E-state index in [9.17, 15) is 19.7 Å². The van der Waals surface area contributed by atoms with Gasteiger partial charge in [0, 0.05) is 25.4 Å². The van der Waals surface area contributed by atoms with Crippen LogP contribution in [-0.2, 0) is 7.05 Å². The van der Waals surface area contributed by atoms with E-state index in [1.165, 1.54) is 16.8 Å². The Morgan fingerprint density at radius 2 is 2.10 bits per heavy atom. The fourth-order valence-electron chi connectivity index (χ4n) is 1.65. The number of carbonyl (C=O) groups is 2. The molecule has 0 atom stereocenters. The van der Waals surface area contributed by atoms with Gasteiger partial charge in [-0.25, -0.2) is 4.79 Å². The number of aromatic carboxylic acids is 1. The fourth-order valence-corrected chi connectivity index (χ4v) is 1.65. The van der Waals surface area contributed by atoms with Crippen LogP contribution in [0.5, 0.6) is 0 Å². The van der Waals surface area contributed by atoms with Gasteiger partial charge in [0.15, 0.2) is 5.69 Å². The van der Waals surface area contributed by atoms with Crippen molar-refractivity contribution >= 4 is 23.3 Å². The van der Waals surface area contributed by atoms with Crippen molar-refractivity contribution in [1.29, 1.82) is 0 Å². The molecule has 0 spiro atoms. The molecule has 0 fully saturated rings. The largest absolute Gasteiger partial charge is 0.478 e. The molecular weight excluding hydrogens is 280 g/mol. The molecule has 0 aliphatic carbocycles. The molecule has 0 radical (unpaired) electrons. The van der Waals surface area contributed by atoms with Crippen molar-refractivity contribution in [2.45, 2.75) is 0 Å². The highest BCUT2D eigenvalue weighted by molar-refractivity contribution is 6.06. The zero-order valence-electron chi connectivity index (χ0n) is 10.8. The SMILES string of the molecule is Cn1ccc(C(=O)Nc2ccc([N+](=O)[O-])cc2C(=O)O)n1. The van der Waals surface area contributed by atoms with Crippen molar-refractivity contribution in [3.8, 4) is 0 Å². The van der Waals surface area contributed by atoms with Crippen LogP contribution in [0.1, 0.15) is 20.8 Å². The number of nitrogens with zero attached hydrogens (tertiary/aromatic N) is 3. The summed E-state index contributed by atoms with van der Waals surface area (Å²) in [5, 5.41) is 26.0. The van der Waals surface area contributed by atoms with Gasteiger partial charge in [0.05, 0.1) is 16.2 Å². The Hall–Kier alpha value is -3.23. The highest BCUT2D eigenvalue weighted by Gasteiger charge is 2.18. The average molecular weight is 290 g/mol. The maximum absolute atomic E-state index is 11.9. The molecule has 9 heteroatoms. The van der Waals surface area contributed by atoms with Gasteiger partial charge >= 0.3 is 5.97 Å². The summed E-state index contributed by atoms with van der Waals surface area (Å²) in [5.74, 6) is -1.98. The molecule has 1 aromatic heterocycles. The molecule has 0 bridgehead atoms. The summed E-state index contributed by atoms with van der Waals surface area (Å²) in [7, 11) is 1.63. The molecule has 0 aliphatic heterocycles. The van der Waals surface area contributed by atoms with Crippen LogP contribution in [0.3, 0.4) is 0 Å². The molecule has 1 aromatic carbocycles. The van der Waals surface area contributed by atoms with Crippen LogP contribution in [0.15, 0.2) is 30.5 Å². The second-order valence-corrected chi connectivity index (χ2v) is 4.12. The van der Waals surface area contributed by atoms with Crippen LogP contribution >= 0.6 is 0 Å². The Balaban J connectivity index is 2.33. The number of carboxylic acids is 1. The van der Waals surface area contributed by atoms with Crippen LogP contribution in [0.2, 0.25) is 0 Å². The van der Waals surface area contributed by atoms with Gasteiger partial charge in [-0.05, 0) is 12.1 Å². The van der Waals surface area contributed by atoms with Crippen molar-refractivity contribution in [2.75, 3.05) is 5.32 Å². The van der Waals surface area contributed by atoms with Crippen molar-refractivity contribution < 1.29 is 19.6 Å². The van der Waals surface area contributed by atoms with E-state index in [4.69, 9.17) is 5.11 Å². The smallest absolute Gasteiger partial charge is 0.338 e. The van der Waals surface area contributed by atoms with Gasteiger partial charge in [0.25, 0.3) is 11.6 Å². The van der Waals surface area contributed by atoms with Gasteiger partial charge in [-0.3, -0.25) is 19.6 Å². The van der Waals surface area contributed by atoms with Crippen LogP contribution in [0, 0.1) is 10.1 Å². The minimum atomic E-state index is -1.38. The van der Waals surface area contributed by atoms with Gasteiger partial charge < -0.3 is 10.4 Å². The number of carboxylic acid groups (broad SMARTS) is 1. The highest BCUT2D eigenvalue weighted by atomic mass is 16.6. The van der Waals surface area contributed by atoms with Gasteiger partial charge in [0.1, 0.15) is 0 Å². The molecule has 21 heavy (non-hydrogen) atoms. The lowest BCUT2D eigenvalue weighted by molar-refractivity contribution is -0.384. The van der Waals surface area contributed by atoms with Crippen molar-refractivity contribution in [1.82, 2.24) is 9.78 Å². The zero-order valence-corrected chi connectivity index (χ0v) is 10.8. The molecule has 0 aliphatic rings. The Kier molecular flexibility index (Phi) is 3.65. The number of nitro groups is 1. The third-order valence-corrected chi connectivity index (χ3v) is 2.64. The average Bonchev–Trinajstić information content (AvgIpc) is 2.85. The third-order valence-electron chi connectivity index (χ3n) is 2.64. The van der Waals surface area contributed by atoms with Gasteiger partial charge in [-0.2, -0.15) is 5.10 Å². The summed E-state index contributed by atoms with van der Waals surface area (Å²) < 4.78 is 1.42. The second kappa shape index (κ2) is 5.41. The second-order valence-electron chi connectivity index (χ2n) is 4.12. The molecular formula is C12H10N4O5. The molecule has 0 unspecified atom stereocenters.